The quantitative estimate of drug-likeness (QED) is 0.849. The van der Waals surface area contributed by atoms with Gasteiger partial charge in [-0.15, -0.1) is 0 Å². The molecule has 110 valence electrons. The first kappa shape index (κ1) is 15.3. The van der Waals surface area contributed by atoms with Gasteiger partial charge in [0.2, 0.25) is 0 Å². The molecule has 1 aromatic carbocycles. The molecule has 1 heterocycles. The minimum Gasteiger partial charge on any atom is -0.508 e. The summed E-state index contributed by atoms with van der Waals surface area (Å²) in [6.07, 6.45) is 0. The molecule has 0 saturated heterocycles. The van der Waals surface area contributed by atoms with E-state index in [1.807, 2.05) is 43.9 Å². The third kappa shape index (κ3) is 3.13. The SMILES string of the molecule is CCN(c1cc(O)ccc1C)c1nc(C)ccc1C(N)=S. The molecule has 2 rings (SSSR count). The number of nitrogens with two attached hydrogens (primary N) is 1. The van der Waals surface area contributed by atoms with Gasteiger partial charge in [-0.3, -0.25) is 0 Å². The van der Waals surface area contributed by atoms with E-state index >= 15 is 0 Å². The molecule has 0 fully saturated rings. The molecule has 2 aromatic rings. The van der Waals surface area contributed by atoms with E-state index in [2.05, 4.69) is 4.98 Å². The summed E-state index contributed by atoms with van der Waals surface area (Å²) in [6, 6.07) is 9.06. The molecule has 0 spiro atoms. The second kappa shape index (κ2) is 6.10. The fraction of sp³-hybridized carbons (Fsp3) is 0.250. The van der Waals surface area contributed by atoms with Gasteiger partial charge in [-0.1, -0.05) is 18.3 Å². The first-order valence-electron chi connectivity index (χ1n) is 6.78. The maximum Gasteiger partial charge on any atom is 0.143 e. The van der Waals surface area contributed by atoms with Crippen molar-refractivity contribution in [3.8, 4) is 5.75 Å². The summed E-state index contributed by atoms with van der Waals surface area (Å²) in [6.45, 7) is 6.64. The number of thiocarbonyl (C=S) groups is 1. The summed E-state index contributed by atoms with van der Waals surface area (Å²) in [7, 11) is 0. The zero-order valence-electron chi connectivity index (χ0n) is 12.4. The third-order valence-electron chi connectivity index (χ3n) is 3.34. The number of phenols is 1. The maximum absolute atomic E-state index is 9.76. The predicted molar refractivity (Wildman–Crippen MR) is 90.4 cm³/mol. The lowest BCUT2D eigenvalue weighted by Crippen LogP contribution is -2.23. The standard InChI is InChI=1S/C16H19N3OS/c1-4-19(14-9-12(20)7-5-10(14)2)16-13(15(17)21)8-6-11(3)18-16/h5-9,20H,4H2,1-3H3,(H2,17,21). The highest BCUT2D eigenvalue weighted by Gasteiger charge is 2.17. The number of aryl methyl sites for hydroxylation is 2. The number of hydrogen-bond donors (Lipinski definition) is 2. The van der Waals surface area contributed by atoms with Crippen molar-refractivity contribution in [2.24, 2.45) is 5.73 Å². The van der Waals surface area contributed by atoms with Gasteiger partial charge < -0.3 is 15.7 Å². The van der Waals surface area contributed by atoms with Crippen LogP contribution in [0.2, 0.25) is 0 Å². The Morgan fingerprint density at radius 3 is 2.62 bits per heavy atom. The highest BCUT2D eigenvalue weighted by Crippen LogP contribution is 2.32. The minimum atomic E-state index is 0.221. The third-order valence-corrected chi connectivity index (χ3v) is 3.56. The van der Waals surface area contributed by atoms with Crippen molar-refractivity contribution in [1.82, 2.24) is 4.98 Å². The van der Waals surface area contributed by atoms with Crippen LogP contribution in [0, 0.1) is 13.8 Å². The monoisotopic (exact) mass is 301 g/mol. The van der Waals surface area contributed by atoms with Crippen LogP contribution >= 0.6 is 12.2 Å². The largest absolute Gasteiger partial charge is 0.508 e. The fourth-order valence-corrected chi connectivity index (χ4v) is 2.42. The van der Waals surface area contributed by atoms with Crippen molar-refractivity contribution in [2.45, 2.75) is 20.8 Å². The van der Waals surface area contributed by atoms with Gasteiger partial charge in [0.25, 0.3) is 0 Å². The van der Waals surface area contributed by atoms with Crippen LogP contribution in [0.5, 0.6) is 5.75 Å². The number of aromatic hydroxyl groups is 1. The number of anilines is 2. The zero-order valence-corrected chi connectivity index (χ0v) is 13.2. The Hall–Kier alpha value is -2.14. The molecule has 5 heteroatoms. The van der Waals surface area contributed by atoms with E-state index in [0.29, 0.717) is 11.5 Å². The van der Waals surface area contributed by atoms with Gasteiger partial charge in [0.1, 0.15) is 16.6 Å². The van der Waals surface area contributed by atoms with E-state index in [0.717, 1.165) is 28.3 Å². The number of phenolic OH excluding ortho intramolecular Hbond substituents is 1. The highest BCUT2D eigenvalue weighted by atomic mass is 32.1. The summed E-state index contributed by atoms with van der Waals surface area (Å²) in [4.78, 5) is 6.91. The average molecular weight is 301 g/mol. The van der Waals surface area contributed by atoms with Crippen molar-refractivity contribution in [2.75, 3.05) is 11.4 Å². The topological polar surface area (TPSA) is 62.4 Å². The molecule has 0 aliphatic carbocycles. The molecule has 0 aliphatic rings. The van der Waals surface area contributed by atoms with E-state index in [-0.39, 0.29) is 5.75 Å². The summed E-state index contributed by atoms with van der Waals surface area (Å²) < 4.78 is 0. The molecule has 0 saturated carbocycles. The predicted octanol–water partition coefficient (Wildman–Crippen LogP) is 3.20. The first-order valence-corrected chi connectivity index (χ1v) is 7.19. The van der Waals surface area contributed by atoms with Crippen LogP contribution in [0.4, 0.5) is 11.5 Å². The smallest absolute Gasteiger partial charge is 0.143 e. The molecule has 0 unspecified atom stereocenters. The van der Waals surface area contributed by atoms with E-state index in [1.165, 1.54) is 0 Å². The Kier molecular flexibility index (Phi) is 4.43. The van der Waals surface area contributed by atoms with Gasteiger partial charge in [0.05, 0.1) is 5.56 Å². The van der Waals surface area contributed by atoms with E-state index < -0.39 is 0 Å². The Bertz CT molecular complexity index is 685. The zero-order chi connectivity index (χ0) is 15.6. The maximum atomic E-state index is 9.76. The normalized spacial score (nSPS) is 10.4. The molecule has 4 nitrogen and oxygen atoms in total. The number of nitrogens with zero attached hydrogens (tertiary/aromatic N) is 2. The molecule has 0 atom stereocenters. The number of aromatic nitrogens is 1. The van der Waals surface area contributed by atoms with E-state index in [4.69, 9.17) is 18.0 Å². The lowest BCUT2D eigenvalue weighted by Gasteiger charge is -2.26. The van der Waals surface area contributed by atoms with Gasteiger partial charge in [-0.05, 0) is 44.5 Å². The minimum absolute atomic E-state index is 0.221. The molecule has 21 heavy (non-hydrogen) atoms. The number of rotatable bonds is 4. The van der Waals surface area contributed by atoms with Crippen LogP contribution in [0.3, 0.4) is 0 Å². The van der Waals surface area contributed by atoms with Crippen LogP contribution in [0.15, 0.2) is 30.3 Å². The average Bonchev–Trinajstić information content (AvgIpc) is 2.43. The summed E-state index contributed by atoms with van der Waals surface area (Å²) in [5.74, 6) is 0.942. The number of hydrogen-bond acceptors (Lipinski definition) is 4. The Morgan fingerprint density at radius 1 is 1.29 bits per heavy atom. The van der Waals surface area contributed by atoms with Crippen molar-refractivity contribution in [3.63, 3.8) is 0 Å². The van der Waals surface area contributed by atoms with Crippen molar-refractivity contribution in [3.05, 3.63) is 47.2 Å². The Balaban J connectivity index is 2.63. The van der Waals surface area contributed by atoms with Gasteiger partial charge in [-0.25, -0.2) is 4.98 Å². The second-order valence-electron chi connectivity index (χ2n) is 4.90. The lowest BCUT2D eigenvalue weighted by atomic mass is 10.1. The summed E-state index contributed by atoms with van der Waals surface area (Å²) >= 11 is 5.13. The molecule has 0 bridgehead atoms. The number of pyridine rings is 1. The lowest BCUT2D eigenvalue weighted by molar-refractivity contribution is 0.475. The summed E-state index contributed by atoms with van der Waals surface area (Å²) in [5, 5.41) is 9.76. The molecule has 1 aromatic heterocycles. The Morgan fingerprint density at radius 2 is 2.00 bits per heavy atom. The highest BCUT2D eigenvalue weighted by molar-refractivity contribution is 7.80. The number of benzene rings is 1. The summed E-state index contributed by atoms with van der Waals surface area (Å²) in [5.41, 5.74) is 9.39. The molecule has 0 radical (unpaired) electrons. The van der Waals surface area contributed by atoms with Crippen molar-refractivity contribution >= 4 is 28.7 Å². The second-order valence-corrected chi connectivity index (χ2v) is 5.34. The first-order chi connectivity index (χ1) is 9.93. The van der Waals surface area contributed by atoms with Crippen LogP contribution in [0.25, 0.3) is 0 Å². The van der Waals surface area contributed by atoms with Crippen molar-refractivity contribution in [1.29, 1.82) is 0 Å². The van der Waals surface area contributed by atoms with Crippen molar-refractivity contribution < 1.29 is 5.11 Å². The molecular formula is C16H19N3OS. The molecular weight excluding hydrogens is 282 g/mol. The van der Waals surface area contributed by atoms with E-state index in [1.54, 1.807) is 12.1 Å². The molecule has 0 amide bonds. The van der Waals surface area contributed by atoms with E-state index in [9.17, 15) is 5.11 Å². The van der Waals surface area contributed by atoms with Gasteiger partial charge in [0.15, 0.2) is 0 Å². The van der Waals surface area contributed by atoms with Crippen LogP contribution in [0.1, 0.15) is 23.7 Å². The van der Waals surface area contributed by atoms with Crippen LogP contribution in [-0.2, 0) is 0 Å². The molecule has 3 N–H and O–H groups in total. The van der Waals surface area contributed by atoms with Gasteiger partial charge in [0, 0.05) is 24.0 Å². The van der Waals surface area contributed by atoms with Gasteiger partial charge >= 0.3 is 0 Å². The van der Waals surface area contributed by atoms with Crippen LogP contribution in [-0.4, -0.2) is 21.6 Å². The van der Waals surface area contributed by atoms with Crippen LogP contribution < -0.4 is 10.6 Å². The van der Waals surface area contributed by atoms with Gasteiger partial charge in [-0.2, -0.15) is 0 Å². The molecule has 0 aliphatic heterocycles. The fourth-order valence-electron chi connectivity index (χ4n) is 2.26. The Labute approximate surface area is 130 Å².